The van der Waals surface area contributed by atoms with Crippen molar-refractivity contribution in [3.63, 3.8) is 0 Å². The van der Waals surface area contributed by atoms with Gasteiger partial charge in [0, 0.05) is 18.0 Å². The van der Waals surface area contributed by atoms with Gasteiger partial charge in [-0.05, 0) is 43.4 Å². The van der Waals surface area contributed by atoms with E-state index in [1.165, 1.54) is 34.8 Å². The van der Waals surface area contributed by atoms with Crippen LogP contribution in [0, 0.1) is 5.82 Å². The third-order valence-electron chi connectivity index (χ3n) is 4.36. The van der Waals surface area contributed by atoms with Crippen molar-refractivity contribution >= 4 is 55.5 Å². The van der Waals surface area contributed by atoms with Crippen molar-refractivity contribution in [2.45, 2.75) is 20.3 Å². The van der Waals surface area contributed by atoms with Gasteiger partial charge < -0.3 is 4.90 Å². The summed E-state index contributed by atoms with van der Waals surface area (Å²) in [7, 11) is 0. The molecular formula is C19H21ClFN3OS2. The maximum absolute atomic E-state index is 13.5. The fourth-order valence-corrected chi connectivity index (χ4v) is 4.91. The third kappa shape index (κ3) is 5.04. The smallest absolute Gasteiger partial charge is 0.234 e. The SMILES string of the molecule is CCN(CC)CCN(C(=O)Cc1ccc(Cl)s1)c1nc2ccc(F)cc2s1. The molecule has 0 aliphatic carbocycles. The lowest BCUT2D eigenvalue weighted by Crippen LogP contribution is -2.39. The minimum Gasteiger partial charge on any atom is -0.302 e. The number of anilines is 1. The molecule has 0 aliphatic rings. The fraction of sp³-hybridized carbons (Fsp3) is 0.368. The van der Waals surface area contributed by atoms with E-state index in [9.17, 15) is 9.18 Å². The molecule has 2 aromatic heterocycles. The van der Waals surface area contributed by atoms with Crippen LogP contribution in [-0.4, -0.2) is 42.0 Å². The van der Waals surface area contributed by atoms with E-state index in [1.807, 2.05) is 6.07 Å². The Balaban J connectivity index is 1.86. The summed E-state index contributed by atoms with van der Waals surface area (Å²) in [6.07, 6.45) is 0.278. The largest absolute Gasteiger partial charge is 0.302 e. The number of carbonyl (C=O) groups excluding carboxylic acids is 1. The number of rotatable bonds is 8. The zero-order chi connectivity index (χ0) is 19.4. The second-order valence-corrected chi connectivity index (χ2v) is 8.87. The molecule has 2 heterocycles. The molecule has 1 amide bonds. The van der Waals surface area contributed by atoms with E-state index >= 15 is 0 Å². The predicted molar refractivity (Wildman–Crippen MR) is 113 cm³/mol. The Bertz CT molecular complexity index is 923. The molecule has 3 rings (SSSR count). The molecule has 0 fully saturated rings. The Hall–Kier alpha value is -1.54. The van der Waals surface area contributed by atoms with Crippen molar-refractivity contribution < 1.29 is 9.18 Å². The highest BCUT2D eigenvalue weighted by molar-refractivity contribution is 7.22. The number of fused-ring (bicyclic) bond motifs is 1. The first-order valence-corrected chi connectivity index (χ1v) is 10.8. The summed E-state index contributed by atoms with van der Waals surface area (Å²) in [6, 6.07) is 8.18. The van der Waals surface area contributed by atoms with Gasteiger partial charge in [0.25, 0.3) is 0 Å². The van der Waals surface area contributed by atoms with Gasteiger partial charge >= 0.3 is 0 Å². The van der Waals surface area contributed by atoms with Crippen LogP contribution in [0.15, 0.2) is 30.3 Å². The molecule has 4 nitrogen and oxygen atoms in total. The molecule has 144 valence electrons. The minimum absolute atomic E-state index is 0.0276. The summed E-state index contributed by atoms with van der Waals surface area (Å²) in [4.78, 5) is 22.5. The summed E-state index contributed by atoms with van der Waals surface area (Å²) < 4.78 is 14.9. The number of benzene rings is 1. The lowest BCUT2D eigenvalue weighted by Gasteiger charge is -2.24. The van der Waals surface area contributed by atoms with Gasteiger partial charge in [0.1, 0.15) is 5.82 Å². The normalized spacial score (nSPS) is 11.4. The van der Waals surface area contributed by atoms with Crippen molar-refractivity contribution in [3.05, 3.63) is 45.4 Å². The van der Waals surface area contributed by atoms with Gasteiger partial charge in [-0.1, -0.05) is 36.8 Å². The molecule has 0 spiro atoms. The van der Waals surface area contributed by atoms with Crippen LogP contribution in [0.4, 0.5) is 9.52 Å². The van der Waals surface area contributed by atoms with E-state index in [1.54, 1.807) is 17.0 Å². The van der Waals surface area contributed by atoms with Crippen LogP contribution >= 0.6 is 34.3 Å². The van der Waals surface area contributed by atoms with E-state index in [4.69, 9.17) is 11.6 Å². The monoisotopic (exact) mass is 425 g/mol. The molecule has 0 atom stereocenters. The first-order chi connectivity index (χ1) is 13.0. The Kier molecular flexibility index (Phi) is 6.81. The van der Waals surface area contributed by atoms with Gasteiger partial charge in [-0.15, -0.1) is 11.3 Å². The number of nitrogens with zero attached hydrogens (tertiary/aromatic N) is 3. The Morgan fingerprint density at radius 2 is 1.93 bits per heavy atom. The first kappa shape index (κ1) is 20.2. The van der Waals surface area contributed by atoms with Crippen LogP contribution in [0.1, 0.15) is 18.7 Å². The summed E-state index contributed by atoms with van der Waals surface area (Å²) in [5.74, 6) is -0.327. The van der Waals surface area contributed by atoms with E-state index in [-0.39, 0.29) is 18.1 Å². The highest BCUT2D eigenvalue weighted by Gasteiger charge is 2.21. The second-order valence-electron chi connectivity index (χ2n) is 6.06. The number of thiazole rings is 1. The van der Waals surface area contributed by atoms with Crippen molar-refractivity contribution in [3.8, 4) is 0 Å². The van der Waals surface area contributed by atoms with E-state index in [2.05, 4.69) is 23.7 Å². The van der Waals surface area contributed by atoms with E-state index in [0.29, 0.717) is 21.5 Å². The molecule has 0 radical (unpaired) electrons. The van der Waals surface area contributed by atoms with Crippen LogP contribution in [0.5, 0.6) is 0 Å². The predicted octanol–water partition coefficient (Wildman–Crippen LogP) is 5.07. The highest BCUT2D eigenvalue weighted by atomic mass is 35.5. The van der Waals surface area contributed by atoms with Crippen molar-refractivity contribution in [2.75, 3.05) is 31.1 Å². The number of thiophene rings is 1. The molecule has 0 saturated carbocycles. The Morgan fingerprint density at radius 1 is 1.15 bits per heavy atom. The molecule has 27 heavy (non-hydrogen) atoms. The average molecular weight is 426 g/mol. The standard InChI is InChI=1S/C19H21ClFN3OS2/c1-3-23(4-2)9-10-24(18(25)12-14-6-8-17(20)26-14)19-22-15-7-5-13(21)11-16(15)27-19/h5-8,11H,3-4,9-10,12H2,1-2H3. The minimum atomic E-state index is -0.299. The highest BCUT2D eigenvalue weighted by Crippen LogP contribution is 2.30. The summed E-state index contributed by atoms with van der Waals surface area (Å²) in [5.41, 5.74) is 0.705. The first-order valence-electron chi connectivity index (χ1n) is 8.83. The van der Waals surface area contributed by atoms with Gasteiger partial charge in [-0.2, -0.15) is 0 Å². The molecule has 0 aliphatic heterocycles. The maximum Gasteiger partial charge on any atom is 0.234 e. The molecular weight excluding hydrogens is 405 g/mol. The van der Waals surface area contributed by atoms with Crippen LogP contribution in [-0.2, 0) is 11.2 Å². The number of hydrogen-bond acceptors (Lipinski definition) is 5. The van der Waals surface area contributed by atoms with Crippen molar-refractivity contribution in [1.29, 1.82) is 0 Å². The zero-order valence-corrected chi connectivity index (χ0v) is 17.6. The fourth-order valence-electron chi connectivity index (χ4n) is 2.80. The molecule has 0 unspecified atom stereocenters. The number of amides is 1. The third-order valence-corrected chi connectivity index (χ3v) is 6.63. The number of hydrogen-bond donors (Lipinski definition) is 0. The van der Waals surface area contributed by atoms with Crippen LogP contribution < -0.4 is 4.90 Å². The number of carbonyl (C=O) groups is 1. The van der Waals surface area contributed by atoms with E-state index < -0.39 is 0 Å². The van der Waals surface area contributed by atoms with E-state index in [0.717, 1.165) is 29.2 Å². The average Bonchev–Trinajstić information content (AvgIpc) is 3.24. The molecule has 0 saturated heterocycles. The summed E-state index contributed by atoms with van der Waals surface area (Å²) in [6.45, 7) is 7.35. The number of likely N-dealkylation sites (N-methyl/N-ethyl adjacent to an activating group) is 1. The molecule has 1 aromatic carbocycles. The number of aromatic nitrogens is 1. The van der Waals surface area contributed by atoms with Gasteiger partial charge in [0.05, 0.1) is 21.0 Å². The Labute approximate surface area is 171 Å². The second kappa shape index (κ2) is 9.10. The van der Waals surface area contributed by atoms with Crippen molar-refractivity contribution in [2.24, 2.45) is 0 Å². The van der Waals surface area contributed by atoms with Gasteiger partial charge in [0.2, 0.25) is 5.91 Å². The lowest BCUT2D eigenvalue weighted by atomic mass is 10.3. The summed E-state index contributed by atoms with van der Waals surface area (Å²) in [5, 5.41) is 0.607. The molecule has 8 heteroatoms. The molecule has 0 N–H and O–H groups in total. The Morgan fingerprint density at radius 3 is 2.59 bits per heavy atom. The van der Waals surface area contributed by atoms with Crippen LogP contribution in [0.3, 0.4) is 0 Å². The van der Waals surface area contributed by atoms with Crippen molar-refractivity contribution in [1.82, 2.24) is 9.88 Å². The zero-order valence-electron chi connectivity index (χ0n) is 15.2. The van der Waals surface area contributed by atoms with Crippen LogP contribution in [0.2, 0.25) is 4.34 Å². The maximum atomic E-state index is 13.5. The number of halogens is 2. The summed E-state index contributed by atoms with van der Waals surface area (Å²) >= 11 is 8.74. The van der Waals surface area contributed by atoms with Crippen LogP contribution in [0.25, 0.3) is 10.2 Å². The molecule has 3 aromatic rings. The lowest BCUT2D eigenvalue weighted by molar-refractivity contribution is -0.118. The topological polar surface area (TPSA) is 36.4 Å². The van der Waals surface area contributed by atoms with Gasteiger partial charge in [-0.25, -0.2) is 9.37 Å². The molecule has 0 bridgehead atoms. The van der Waals surface area contributed by atoms with Gasteiger partial charge in [0.15, 0.2) is 5.13 Å². The van der Waals surface area contributed by atoms with Gasteiger partial charge in [-0.3, -0.25) is 9.69 Å². The quantitative estimate of drug-likeness (QED) is 0.505.